The lowest BCUT2D eigenvalue weighted by molar-refractivity contribution is 0.0888. The van der Waals surface area contributed by atoms with E-state index < -0.39 is 0 Å². The second kappa shape index (κ2) is 5.97. The van der Waals surface area contributed by atoms with E-state index >= 15 is 0 Å². The number of carbonyl (C=O) groups is 2. The molecule has 0 saturated carbocycles. The first kappa shape index (κ1) is 13.0. The molecule has 0 radical (unpaired) electrons. The average molecular weight is 256 g/mol. The highest BCUT2D eigenvalue weighted by atomic mass is 16.3. The molecule has 0 saturated heterocycles. The zero-order valence-electron chi connectivity index (χ0n) is 10.1. The Labute approximate surface area is 110 Å². The van der Waals surface area contributed by atoms with Crippen molar-refractivity contribution in [2.75, 3.05) is 0 Å². The van der Waals surface area contributed by atoms with E-state index in [-0.39, 0.29) is 36.0 Å². The van der Waals surface area contributed by atoms with Gasteiger partial charge in [0.15, 0.2) is 11.6 Å². The number of ketones is 2. The normalized spacial score (nSPS) is 10.2. The van der Waals surface area contributed by atoms with Gasteiger partial charge in [0.05, 0.1) is 18.7 Å². The third-order valence-electron chi connectivity index (χ3n) is 2.53. The van der Waals surface area contributed by atoms with Gasteiger partial charge in [-0.25, -0.2) is 4.98 Å². The predicted molar refractivity (Wildman–Crippen MR) is 67.7 cm³/mol. The summed E-state index contributed by atoms with van der Waals surface area (Å²) in [4.78, 5) is 31.6. The molecule has 2 aromatic rings. The minimum atomic E-state index is -0.383. The molecule has 0 spiro atoms. The summed E-state index contributed by atoms with van der Waals surface area (Å²) in [6.07, 6.45) is 1.22. The Morgan fingerprint density at radius 2 is 1.74 bits per heavy atom. The molecule has 0 bridgehead atoms. The summed E-state index contributed by atoms with van der Waals surface area (Å²) in [5.74, 6) is -0.729. The van der Waals surface area contributed by atoms with Crippen LogP contribution in [-0.4, -0.2) is 26.6 Å². The van der Waals surface area contributed by atoms with Crippen LogP contribution in [0.5, 0.6) is 0 Å². The Morgan fingerprint density at radius 1 is 1.00 bits per heavy atom. The van der Waals surface area contributed by atoms with Gasteiger partial charge in [0.25, 0.3) is 0 Å². The van der Waals surface area contributed by atoms with Gasteiger partial charge in [0.1, 0.15) is 11.4 Å². The van der Waals surface area contributed by atoms with E-state index in [1.165, 1.54) is 12.3 Å². The van der Waals surface area contributed by atoms with Crippen molar-refractivity contribution in [3.05, 3.63) is 59.7 Å². The van der Waals surface area contributed by atoms with Crippen molar-refractivity contribution in [1.29, 1.82) is 0 Å². The Balaban J connectivity index is 2.11. The number of carbonyl (C=O) groups excluding carboxylic acids is 2. The highest BCUT2D eigenvalue weighted by molar-refractivity contribution is 6.12. The van der Waals surface area contributed by atoms with Crippen LogP contribution in [0.4, 0.5) is 0 Å². The van der Waals surface area contributed by atoms with Crippen molar-refractivity contribution in [3.8, 4) is 0 Å². The second-order valence-electron chi connectivity index (χ2n) is 3.91. The Kier molecular flexibility index (Phi) is 4.10. The summed E-state index contributed by atoms with van der Waals surface area (Å²) in [5, 5.41) is 8.95. The van der Waals surface area contributed by atoms with Crippen LogP contribution in [0.15, 0.2) is 42.6 Å². The standard InChI is InChI=1S/C14H12N2O3/c17-9-10-4-3-6-12(16-10)14(19)8-13(18)11-5-1-2-7-15-11/h1-7,17H,8-9H2. The number of aromatic nitrogens is 2. The number of hydrogen-bond acceptors (Lipinski definition) is 5. The third-order valence-corrected chi connectivity index (χ3v) is 2.53. The van der Waals surface area contributed by atoms with Crippen molar-refractivity contribution < 1.29 is 14.7 Å². The first-order valence-electron chi connectivity index (χ1n) is 5.75. The van der Waals surface area contributed by atoms with Crippen LogP contribution in [0.1, 0.15) is 33.1 Å². The largest absolute Gasteiger partial charge is 0.390 e. The van der Waals surface area contributed by atoms with Crippen LogP contribution in [0.25, 0.3) is 0 Å². The molecule has 0 atom stereocenters. The van der Waals surface area contributed by atoms with Gasteiger partial charge in [-0.3, -0.25) is 14.6 Å². The minimum absolute atomic E-state index is 0.177. The summed E-state index contributed by atoms with van der Waals surface area (Å²) < 4.78 is 0. The SMILES string of the molecule is O=C(CC(=O)c1cccc(CO)n1)c1ccccn1. The molecule has 5 heteroatoms. The van der Waals surface area contributed by atoms with Crippen LogP contribution in [0.2, 0.25) is 0 Å². The van der Waals surface area contributed by atoms with E-state index in [4.69, 9.17) is 5.11 Å². The van der Waals surface area contributed by atoms with Crippen LogP contribution in [0, 0.1) is 0 Å². The molecule has 0 amide bonds. The quantitative estimate of drug-likeness (QED) is 0.646. The molecule has 2 rings (SSSR count). The van der Waals surface area contributed by atoms with E-state index in [9.17, 15) is 9.59 Å². The minimum Gasteiger partial charge on any atom is -0.390 e. The number of pyridine rings is 2. The zero-order valence-corrected chi connectivity index (χ0v) is 10.1. The van der Waals surface area contributed by atoms with Crippen molar-refractivity contribution in [3.63, 3.8) is 0 Å². The number of aliphatic hydroxyl groups excluding tert-OH is 1. The lowest BCUT2D eigenvalue weighted by atomic mass is 10.1. The number of nitrogens with zero attached hydrogens (tertiary/aromatic N) is 2. The number of aliphatic hydroxyl groups is 1. The number of Topliss-reactive ketones (excluding diaryl/α,β-unsaturated/α-hetero) is 2. The van der Waals surface area contributed by atoms with Gasteiger partial charge in [0, 0.05) is 6.20 Å². The first-order chi connectivity index (χ1) is 9.20. The second-order valence-corrected chi connectivity index (χ2v) is 3.91. The van der Waals surface area contributed by atoms with Crippen molar-refractivity contribution >= 4 is 11.6 Å². The van der Waals surface area contributed by atoms with Gasteiger partial charge >= 0.3 is 0 Å². The van der Waals surface area contributed by atoms with Crippen LogP contribution in [-0.2, 0) is 6.61 Å². The zero-order chi connectivity index (χ0) is 13.7. The Bertz CT molecular complexity index is 597. The average Bonchev–Trinajstić information content (AvgIpc) is 2.48. The maximum absolute atomic E-state index is 11.9. The van der Waals surface area contributed by atoms with E-state index in [0.717, 1.165) is 0 Å². The van der Waals surface area contributed by atoms with Gasteiger partial charge in [0.2, 0.25) is 0 Å². The number of hydrogen-bond donors (Lipinski definition) is 1. The summed E-state index contributed by atoms with van der Waals surface area (Å²) >= 11 is 0. The topological polar surface area (TPSA) is 80.2 Å². The van der Waals surface area contributed by atoms with Crippen molar-refractivity contribution in [2.24, 2.45) is 0 Å². The van der Waals surface area contributed by atoms with Gasteiger partial charge < -0.3 is 5.11 Å². The molecule has 19 heavy (non-hydrogen) atoms. The molecule has 0 unspecified atom stereocenters. The fourth-order valence-electron chi connectivity index (χ4n) is 1.58. The maximum atomic E-state index is 11.9. The fraction of sp³-hybridized carbons (Fsp3) is 0.143. The van der Waals surface area contributed by atoms with E-state index in [2.05, 4.69) is 9.97 Å². The molecule has 0 aliphatic heterocycles. The summed E-state index contributed by atoms with van der Waals surface area (Å²) in [7, 11) is 0. The van der Waals surface area contributed by atoms with Gasteiger partial charge in [-0.1, -0.05) is 12.1 Å². The van der Waals surface area contributed by atoms with Crippen molar-refractivity contribution in [1.82, 2.24) is 9.97 Å². The fourth-order valence-corrected chi connectivity index (χ4v) is 1.58. The van der Waals surface area contributed by atoms with E-state index in [1.54, 1.807) is 30.3 Å². The van der Waals surface area contributed by atoms with E-state index in [0.29, 0.717) is 5.69 Å². The summed E-state index contributed by atoms with van der Waals surface area (Å²) in [5.41, 5.74) is 0.834. The van der Waals surface area contributed by atoms with Gasteiger partial charge in [-0.05, 0) is 24.3 Å². The first-order valence-corrected chi connectivity index (χ1v) is 5.75. The molecular weight excluding hydrogens is 244 g/mol. The third kappa shape index (κ3) is 3.29. The molecule has 2 aromatic heterocycles. The molecule has 2 heterocycles. The number of rotatable bonds is 5. The van der Waals surface area contributed by atoms with Crippen LogP contribution >= 0.6 is 0 Å². The van der Waals surface area contributed by atoms with E-state index in [1.807, 2.05) is 0 Å². The molecule has 0 fully saturated rings. The molecule has 5 nitrogen and oxygen atoms in total. The Morgan fingerprint density at radius 3 is 2.42 bits per heavy atom. The summed E-state index contributed by atoms with van der Waals surface area (Å²) in [6.45, 7) is -0.241. The van der Waals surface area contributed by atoms with Crippen LogP contribution < -0.4 is 0 Å². The smallest absolute Gasteiger partial charge is 0.188 e. The molecule has 96 valence electrons. The highest BCUT2D eigenvalue weighted by Gasteiger charge is 2.15. The van der Waals surface area contributed by atoms with Gasteiger partial charge in [-0.2, -0.15) is 0 Å². The molecule has 0 aromatic carbocycles. The maximum Gasteiger partial charge on any atom is 0.188 e. The molecule has 0 aliphatic rings. The van der Waals surface area contributed by atoms with Gasteiger partial charge in [-0.15, -0.1) is 0 Å². The molecular formula is C14H12N2O3. The van der Waals surface area contributed by atoms with Crippen LogP contribution in [0.3, 0.4) is 0 Å². The predicted octanol–water partition coefficient (Wildman–Crippen LogP) is 1.42. The lowest BCUT2D eigenvalue weighted by Crippen LogP contribution is -2.11. The molecule has 0 aliphatic carbocycles. The Hall–Kier alpha value is -2.40. The lowest BCUT2D eigenvalue weighted by Gasteiger charge is -2.02. The summed E-state index contributed by atoms with van der Waals surface area (Å²) in [6, 6.07) is 9.70. The monoisotopic (exact) mass is 256 g/mol. The molecule has 1 N–H and O–H groups in total. The van der Waals surface area contributed by atoms with Crippen molar-refractivity contribution in [2.45, 2.75) is 13.0 Å². The highest BCUT2D eigenvalue weighted by Crippen LogP contribution is 2.06.